The lowest BCUT2D eigenvalue weighted by molar-refractivity contribution is -0.120. The molecular formula is C20H19N3O. The van der Waals surface area contributed by atoms with Crippen molar-refractivity contribution in [2.45, 2.75) is 25.3 Å². The Bertz CT molecular complexity index is 863. The molecule has 0 saturated carbocycles. The highest BCUT2D eigenvalue weighted by atomic mass is 16.1. The number of nitrogens with zero attached hydrogens (tertiary/aromatic N) is 2. The van der Waals surface area contributed by atoms with Gasteiger partial charge in [0.15, 0.2) is 0 Å². The Morgan fingerprint density at radius 3 is 2.58 bits per heavy atom. The van der Waals surface area contributed by atoms with Gasteiger partial charge in [0, 0.05) is 13.5 Å². The van der Waals surface area contributed by atoms with Crippen molar-refractivity contribution < 1.29 is 4.79 Å². The summed E-state index contributed by atoms with van der Waals surface area (Å²) in [6.45, 7) is 2.03. The van der Waals surface area contributed by atoms with E-state index in [1.54, 1.807) is 13.1 Å². The van der Waals surface area contributed by atoms with Crippen LogP contribution in [0.15, 0.2) is 53.5 Å². The fourth-order valence-corrected chi connectivity index (χ4v) is 3.17. The first-order chi connectivity index (χ1) is 11.5. The number of benzene rings is 2. The van der Waals surface area contributed by atoms with E-state index in [2.05, 4.69) is 22.4 Å². The summed E-state index contributed by atoms with van der Waals surface area (Å²) in [5.41, 5.74) is 3.23. The largest absolute Gasteiger partial charge is 0.364 e. The zero-order valence-electron chi connectivity index (χ0n) is 13.8. The minimum atomic E-state index is -0.465. The number of carbonyl (C=O) groups is 1. The highest BCUT2D eigenvalue weighted by Crippen LogP contribution is 2.32. The lowest BCUT2D eigenvalue weighted by atomic mass is 9.82. The maximum absolute atomic E-state index is 12.1. The molecule has 1 atom stereocenters. The van der Waals surface area contributed by atoms with Gasteiger partial charge < -0.3 is 5.32 Å². The third-order valence-corrected chi connectivity index (χ3v) is 4.43. The fraction of sp³-hybridized carbons (Fsp3) is 0.250. The lowest BCUT2D eigenvalue weighted by Gasteiger charge is -2.36. The Morgan fingerprint density at radius 2 is 1.88 bits per heavy atom. The summed E-state index contributed by atoms with van der Waals surface area (Å²) in [5, 5.41) is 12.5. The molecule has 1 saturated heterocycles. The molecule has 0 unspecified atom stereocenters. The van der Waals surface area contributed by atoms with Gasteiger partial charge in [-0.3, -0.25) is 9.79 Å². The third kappa shape index (κ3) is 3.07. The molecule has 1 aliphatic heterocycles. The molecule has 0 amide bonds. The van der Waals surface area contributed by atoms with Crippen molar-refractivity contribution in [2.75, 3.05) is 7.05 Å². The van der Waals surface area contributed by atoms with Crippen LogP contribution < -0.4 is 5.32 Å². The van der Waals surface area contributed by atoms with Crippen LogP contribution in [0.4, 0.5) is 0 Å². The van der Waals surface area contributed by atoms with E-state index in [0.717, 1.165) is 22.5 Å². The molecule has 3 rings (SSSR count). The smallest absolute Gasteiger partial charge is 0.143 e. The molecular weight excluding hydrogens is 298 g/mol. The summed E-state index contributed by atoms with van der Waals surface area (Å²) in [4.78, 5) is 16.3. The number of piperidine rings is 1. The number of hydrogen-bond donors (Lipinski definition) is 1. The maximum Gasteiger partial charge on any atom is 0.143 e. The van der Waals surface area contributed by atoms with Crippen LogP contribution in [0.2, 0.25) is 0 Å². The van der Waals surface area contributed by atoms with E-state index in [9.17, 15) is 4.79 Å². The van der Waals surface area contributed by atoms with E-state index >= 15 is 0 Å². The van der Waals surface area contributed by atoms with Crippen molar-refractivity contribution in [1.82, 2.24) is 5.32 Å². The first kappa shape index (κ1) is 15.9. The predicted molar refractivity (Wildman–Crippen MR) is 94.7 cm³/mol. The van der Waals surface area contributed by atoms with E-state index in [-0.39, 0.29) is 5.78 Å². The van der Waals surface area contributed by atoms with Crippen molar-refractivity contribution >= 4 is 11.6 Å². The van der Waals surface area contributed by atoms with Gasteiger partial charge in [-0.25, -0.2) is 0 Å². The van der Waals surface area contributed by atoms with Crippen molar-refractivity contribution in [3.05, 3.63) is 59.7 Å². The Morgan fingerprint density at radius 1 is 1.17 bits per heavy atom. The molecule has 0 bridgehead atoms. The van der Waals surface area contributed by atoms with Gasteiger partial charge >= 0.3 is 0 Å². The number of nitrogens with one attached hydrogen (secondary N) is 1. The zero-order valence-corrected chi connectivity index (χ0v) is 13.8. The van der Waals surface area contributed by atoms with Gasteiger partial charge in [0.1, 0.15) is 11.6 Å². The van der Waals surface area contributed by atoms with E-state index in [1.165, 1.54) is 0 Å². The minimum absolute atomic E-state index is 0.189. The molecule has 4 nitrogen and oxygen atoms in total. The Balaban J connectivity index is 2.01. The molecule has 0 radical (unpaired) electrons. The monoisotopic (exact) mass is 317 g/mol. The second kappa shape index (κ2) is 6.29. The normalized spacial score (nSPS) is 22.0. The van der Waals surface area contributed by atoms with Gasteiger partial charge in [-0.2, -0.15) is 5.26 Å². The van der Waals surface area contributed by atoms with E-state index in [4.69, 9.17) is 5.26 Å². The van der Waals surface area contributed by atoms with Crippen molar-refractivity contribution in [2.24, 2.45) is 4.99 Å². The molecule has 4 heteroatoms. The van der Waals surface area contributed by atoms with Gasteiger partial charge in [0.05, 0.1) is 23.6 Å². The topological polar surface area (TPSA) is 65.2 Å². The van der Waals surface area contributed by atoms with Gasteiger partial charge in [0.2, 0.25) is 0 Å². The number of amidine groups is 1. The van der Waals surface area contributed by atoms with Crippen molar-refractivity contribution in [1.29, 1.82) is 5.26 Å². The van der Waals surface area contributed by atoms with Gasteiger partial charge in [-0.15, -0.1) is 0 Å². The average Bonchev–Trinajstić information content (AvgIpc) is 2.61. The number of rotatable bonds is 2. The molecule has 1 aliphatic rings. The molecule has 0 spiro atoms. The van der Waals surface area contributed by atoms with Crippen molar-refractivity contribution in [3.63, 3.8) is 0 Å². The van der Waals surface area contributed by atoms with Crippen LogP contribution in [0.5, 0.6) is 0 Å². The quantitative estimate of drug-likeness (QED) is 0.923. The van der Waals surface area contributed by atoms with E-state index < -0.39 is 5.54 Å². The Kier molecular flexibility index (Phi) is 4.18. The summed E-state index contributed by atoms with van der Waals surface area (Å²) in [6, 6.07) is 17.8. The first-order valence-corrected chi connectivity index (χ1v) is 7.91. The molecule has 0 aromatic heterocycles. The molecule has 120 valence electrons. The fourth-order valence-electron chi connectivity index (χ4n) is 3.17. The molecule has 2 aromatic carbocycles. The van der Waals surface area contributed by atoms with Crippen molar-refractivity contribution in [3.8, 4) is 17.2 Å². The second-order valence-electron chi connectivity index (χ2n) is 6.29. The maximum atomic E-state index is 12.1. The predicted octanol–water partition coefficient (Wildman–Crippen LogP) is 3.42. The van der Waals surface area contributed by atoms with E-state index in [0.29, 0.717) is 18.4 Å². The zero-order chi connectivity index (χ0) is 17.2. The molecule has 2 aromatic rings. The minimum Gasteiger partial charge on any atom is -0.364 e. The highest BCUT2D eigenvalue weighted by Gasteiger charge is 2.35. The van der Waals surface area contributed by atoms with Crippen LogP contribution in [0.1, 0.15) is 30.9 Å². The van der Waals surface area contributed by atoms with Crippen LogP contribution >= 0.6 is 0 Å². The van der Waals surface area contributed by atoms with Gasteiger partial charge in [0.25, 0.3) is 0 Å². The number of hydrogen-bond acceptors (Lipinski definition) is 3. The summed E-state index contributed by atoms with van der Waals surface area (Å²) >= 11 is 0. The summed E-state index contributed by atoms with van der Waals surface area (Å²) in [7, 11) is 1.70. The van der Waals surface area contributed by atoms with Crippen LogP contribution in [-0.4, -0.2) is 18.7 Å². The number of aliphatic imine (C=N–C) groups is 1. The molecule has 1 fully saturated rings. The van der Waals surface area contributed by atoms with Gasteiger partial charge in [-0.1, -0.05) is 30.3 Å². The highest BCUT2D eigenvalue weighted by molar-refractivity contribution is 6.04. The third-order valence-electron chi connectivity index (χ3n) is 4.43. The number of carbonyl (C=O) groups excluding carboxylic acids is 1. The van der Waals surface area contributed by atoms with Crippen LogP contribution in [0.25, 0.3) is 11.1 Å². The van der Waals surface area contributed by atoms with E-state index in [1.807, 2.05) is 43.3 Å². The van der Waals surface area contributed by atoms with Gasteiger partial charge in [-0.05, 0) is 41.8 Å². The average molecular weight is 317 g/mol. The lowest BCUT2D eigenvalue weighted by Crippen LogP contribution is -2.50. The SMILES string of the molecule is CN=C1CC(=O)C[C@@](C)(c2cccc(-c3cccc(C#N)c3)c2)N1. The number of ketones is 1. The second-order valence-corrected chi connectivity index (χ2v) is 6.29. The first-order valence-electron chi connectivity index (χ1n) is 7.91. The Hall–Kier alpha value is -2.93. The summed E-state index contributed by atoms with van der Waals surface area (Å²) < 4.78 is 0. The molecule has 0 aliphatic carbocycles. The van der Waals surface area contributed by atoms with Crippen LogP contribution in [0, 0.1) is 11.3 Å². The number of Topliss-reactive ketones (excluding diaryl/α,β-unsaturated/α-hetero) is 1. The van der Waals surface area contributed by atoms with Crippen LogP contribution in [-0.2, 0) is 10.3 Å². The molecule has 24 heavy (non-hydrogen) atoms. The Labute approximate surface area is 141 Å². The summed E-state index contributed by atoms with van der Waals surface area (Å²) in [6.07, 6.45) is 0.809. The molecule has 1 heterocycles. The molecule has 1 N–H and O–H groups in total. The van der Waals surface area contributed by atoms with Crippen LogP contribution in [0.3, 0.4) is 0 Å². The number of nitriles is 1. The standard InChI is InChI=1S/C20H19N3O/c1-20(12-18(24)11-19(22-2)23-20)17-8-4-7-16(10-17)15-6-3-5-14(9-15)13-21/h3-10H,11-12H2,1-2H3,(H,22,23)/t20-/m0/s1. The summed E-state index contributed by atoms with van der Waals surface area (Å²) in [5.74, 6) is 0.916.